The van der Waals surface area contributed by atoms with E-state index in [2.05, 4.69) is 10.6 Å². The Hall–Kier alpha value is -2.90. The number of fused-ring (bicyclic) bond motifs is 1. The zero-order valence-electron chi connectivity index (χ0n) is 16.2. The van der Waals surface area contributed by atoms with Gasteiger partial charge >= 0.3 is 12.2 Å². The Morgan fingerprint density at radius 3 is 2.41 bits per heavy atom. The van der Waals surface area contributed by atoms with Crippen molar-refractivity contribution in [3.05, 3.63) is 59.2 Å². The van der Waals surface area contributed by atoms with Crippen LogP contribution in [0.2, 0.25) is 0 Å². The van der Waals surface area contributed by atoms with Crippen LogP contribution in [0.15, 0.2) is 42.5 Å². The average molecular weight is 408 g/mol. The van der Waals surface area contributed by atoms with Crippen LogP contribution in [-0.4, -0.2) is 25.8 Å². The summed E-state index contributed by atoms with van der Waals surface area (Å²) < 4.78 is 49.4. The van der Waals surface area contributed by atoms with E-state index in [1.807, 2.05) is 32.0 Å². The molecule has 0 saturated carbocycles. The number of hydrogen-bond acceptors (Lipinski definition) is 3. The second kappa shape index (κ2) is 8.23. The maximum atomic E-state index is 12.8. The predicted octanol–water partition coefficient (Wildman–Crippen LogP) is 4.25. The third kappa shape index (κ3) is 5.34. The number of ether oxygens (including phenoxy) is 2. The first-order valence-corrected chi connectivity index (χ1v) is 9.23. The number of rotatable bonds is 5. The topological polar surface area (TPSA) is 59.6 Å². The maximum Gasteiger partial charge on any atom is 0.416 e. The van der Waals surface area contributed by atoms with E-state index in [1.165, 1.54) is 12.1 Å². The average Bonchev–Trinajstić information content (AvgIpc) is 2.70. The molecule has 3 rings (SSSR count). The van der Waals surface area contributed by atoms with Crippen LogP contribution in [0, 0.1) is 0 Å². The monoisotopic (exact) mass is 408 g/mol. The third-order valence-electron chi connectivity index (χ3n) is 4.72. The lowest BCUT2D eigenvalue weighted by atomic mass is 9.84. The minimum Gasteiger partial charge on any atom is -0.486 e. The van der Waals surface area contributed by atoms with Gasteiger partial charge in [0.1, 0.15) is 13.2 Å². The summed E-state index contributed by atoms with van der Waals surface area (Å²) in [5.74, 6) is 1.37. The number of carbonyl (C=O) groups is 1. The number of alkyl halides is 3. The van der Waals surface area contributed by atoms with Crippen molar-refractivity contribution in [2.45, 2.75) is 32.0 Å². The highest BCUT2D eigenvalue weighted by atomic mass is 19.4. The Kier molecular flexibility index (Phi) is 5.91. The fraction of sp³-hybridized carbons (Fsp3) is 0.381. The van der Waals surface area contributed by atoms with Gasteiger partial charge in [-0.2, -0.15) is 13.2 Å². The number of amides is 2. The minimum atomic E-state index is -4.41. The second-order valence-electron chi connectivity index (χ2n) is 7.48. The van der Waals surface area contributed by atoms with Crippen molar-refractivity contribution in [2.75, 3.05) is 19.8 Å². The van der Waals surface area contributed by atoms with Gasteiger partial charge in [-0.05, 0) is 35.4 Å². The molecular formula is C21H23F3N2O3. The lowest BCUT2D eigenvalue weighted by Gasteiger charge is -2.28. The van der Waals surface area contributed by atoms with Crippen molar-refractivity contribution in [1.29, 1.82) is 0 Å². The molecule has 0 spiro atoms. The van der Waals surface area contributed by atoms with E-state index in [9.17, 15) is 18.0 Å². The number of nitrogens with one attached hydrogen (secondary N) is 2. The molecule has 8 heteroatoms. The second-order valence-corrected chi connectivity index (χ2v) is 7.48. The van der Waals surface area contributed by atoms with Gasteiger partial charge in [-0.3, -0.25) is 0 Å². The summed E-state index contributed by atoms with van der Waals surface area (Å²) in [5, 5.41) is 5.36. The van der Waals surface area contributed by atoms with E-state index in [4.69, 9.17) is 9.47 Å². The van der Waals surface area contributed by atoms with Gasteiger partial charge < -0.3 is 20.1 Å². The zero-order chi connectivity index (χ0) is 21.1. The molecule has 0 aliphatic carbocycles. The minimum absolute atomic E-state index is 0.000204. The van der Waals surface area contributed by atoms with Crippen LogP contribution >= 0.6 is 0 Å². The Morgan fingerprint density at radius 1 is 0.966 bits per heavy atom. The fourth-order valence-corrected chi connectivity index (χ4v) is 2.97. The third-order valence-corrected chi connectivity index (χ3v) is 4.72. The molecule has 0 unspecified atom stereocenters. The lowest BCUT2D eigenvalue weighted by molar-refractivity contribution is -0.137. The highest BCUT2D eigenvalue weighted by molar-refractivity contribution is 5.74. The largest absolute Gasteiger partial charge is 0.486 e. The first-order chi connectivity index (χ1) is 13.6. The van der Waals surface area contributed by atoms with Crippen molar-refractivity contribution in [3.8, 4) is 11.5 Å². The Bertz CT molecular complexity index is 882. The molecule has 29 heavy (non-hydrogen) atoms. The number of urea groups is 1. The number of benzene rings is 2. The molecule has 0 aromatic heterocycles. The predicted molar refractivity (Wildman–Crippen MR) is 102 cm³/mol. The molecule has 156 valence electrons. The summed E-state index contributed by atoms with van der Waals surface area (Å²) in [5.41, 5.74) is 0.224. The van der Waals surface area contributed by atoms with Crippen molar-refractivity contribution in [1.82, 2.24) is 10.6 Å². The van der Waals surface area contributed by atoms with Gasteiger partial charge in [-0.1, -0.05) is 32.0 Å². The molecule has 2 N–H and O–H groups in total. The standard InChI is InChI=1S/C21H23F3N2O3/c1-20(2,15-6-7-17-18(11-15)29-9-8-28-17)13-26-19(27)25-12-14-4-3-5-16(10-14)21(22,23)24/h3-7,10-11H,8-9,12-13H2,1-2H3,(H2,25,26,27). The normalized spacial score (nSPS) is 13.7. The van der Waals surface area contributed by atoms with Crippen LogP contribution in [0.3, 0.4) is 0 Å². The van der Waals surface area contributed by atoms with Gasteiger partial charge in [-0.25, -0.2) is 4.79 Å². The van der Waals surface area contributed by atoms with Crippen LogP contribution in [0.1, 0.15) is 30.5 Å². The van der Waals surface area contributed by atoms with Gasteiger partial charge in [0.2, 0.25) is 0 Å². The molecule has 1 aliphatic heterocycles. The van der Waals surface area contributed by atoms with Gasteiger partial charge in [-0.15, -0.1) is 0 Å². The lowest BCUT2D eigenvalue weighted by Crippen LogP contribution is -2.42. The molecule has 0 saturated heterocycles. The van der Waals surface area contributed by atoms with E-state index >= 15 is 0 Å². The molecule has 2 aromatic carbocycles. The molecule has 1 heterocycles. The van der Waals surface area contributed by atoms with E-state index in [0.717, 1.165) is 17.7 Å². The summed E-state index contributed by atoms with van der Waals surface area (Å²) in [6.07, 6.45) is -4.41. The fourth-order valence-electron chi connectivity index (χ4n) is 2.97. The molecule has 0 fully saturated rings. The van der Waals surface area contributed by atoms with Gasteiger partial charge in [0.15, 0.2) is 11.5 Å². The SMILES string of the molecule is CC(C)(CNC(=O)NCc1cccc(C(F)(F)F)c1)c1ccc2c(c1)OCCO2. The van der Waals surface area contributed by atoms with Crippen LogP contribution in [-0.2, 0) is 18.1 Å². The summed E-state index contributed by atoms with van der Waals surface area (Å²) in [4.78, 5) is 12.1. The molecule has 1 aliphatic rings. The van der Waals surface area contributed by atoms with Crippen LogP contribution in [0.25, 0.3) is 0 Å². The summed E-state index contributed by atoms with van der Waals surface area (Å²) in [7, 11) is 0. The molecule has 2 amide bonds. The Balaban J connectivity index is 1.55. The summed E-state index contributed by atoms with van der Waals surface area (Å²) in [6, 6.07) is 10.1. The number of carbonyl (C=O) groups excluding carboxylic acids is 1. The van der Waals surface area contributed by atoms with Crippen molar-refractivity contribution < 1.29 is 27.4 Å². The Morgan fingerprint density at radius 2 is 1.69 bits per heavy atom. The van der Waals surface area contributed by atoms with E-state index in [0.29, 0.717) is 36.8 Å². The van der Waals surface area contributed by atoms with Crippen molar-refractivity contribution in [3.63, 3.8) is 0 Å². The van der Waals surface area contributed by atoms with E-state index in [1.54, 1.807) is 0 Å². The van der Waals surface area contributed by atoms with Crippen molar-refractivity contribution >= 4 is 6.03 Å². The number of halogens is 3. The Labute approximate surface area is 167 Å². The first-order valence-electron chi connectivity index (χ1n) is 9.23. The first kappa shape index (κ1) is 20.8. The van der Waals surface area contributed by atoms with Gasteiger partial charge in [0.25, 0.3) is 0 Å². The maximum absolute atomic E-state index is 12.8. The molecule has 0 atom stereocenters. The van der Waals surface area contributed by atoms with Crippen LogP contribution < -0.4 is 20.1 Å². The highest BCUT2D eigenvalue weighted by Gasteiger charge is 2.30. The van der Waals surface area contributed by atoms with Crippen LogP contribution in [0.5, 0.6) is 11.5 Å². The van der Waals surface area contributed by atoms with E-state index < -0.39 is 17.8 Å². The smallest absolute Gasteiger partial charge is 0.416 e. The van der Waals surface area contributed by atoms with Crippen LogP contribution in [0.4, 0.5) is 18.0 Å². The van der Waals surface area contributed by atoms with Crippen molar-refractivity contribution in [2.24, 2.45) is 0 Å². The zero-order valence-corrected chi connectivity index (χ0v) is 16.2. The van der Waals surface area contributed by atoms with Gasteiger partial charge in [0, 0.05) is 18.5 Å². The highest BCUT2D eigenvalue weighted by Crippen LogP contribution is 2.35. The molecular weight excluding hydrogens is 385 g/mol. The molecule has 5 nitrogen and oxygen atoms in total. The van der Waals surface area contributed by atoms with Gasteiger partial charge in [0.05, 0.1) is 5.56 Å². The number of hydrogen-bond donors (Lipinski definition) is 2. The molecule has 0 bridgehead atoms. The van der Waals surface area contributed by atoms with E-state index in [-0.39, 0.29) is 12.0 Å². The molecule has 2 aromatic rings. The summed E-state index contributed by atoms with van der Waals surface area (Å²) >= 11 is 0. The quantitative estimate of drug-likeness (QED) is 0.778. The summed E-state index contributed by atoms with van der Waals surface area (Å²) in [6.45, 7) is 5.30. The molecule has 0 radical (unpaired) electrons.